The molecule has 2 aliphatic rings. The van der Waals surface area contributed by atoms with Gasteiger partial charge in [-0.05, 0) is 34.6 Å². The SMILES string of the molecule is CC(C)(C)OC(=O)N[C@@H]1[C@H]2OC(C)(C)O[C@H]2O[C@@H]1CI. The molecule has 116 valence electrons. The van der Waals surface area contributed by atoms with Gasteiger partial charge in [0.05, 0.1) is 12.1 Å². The van der Waals surface area contributed by atoms with Crippen molar-refractivity contribution in [2.75, 3.05) is 4.43 Å². The molecule has 1 N–H and O–H groups in total. The van der Waals surface area contributed by atoms with Gasteiger partial charge >= 0.3 is 6.09 Å². The second-order valence-corrected chi connectivity index (χ2v) is 7.35. The highest BCUT2D eigenvalue weighted by molar-refractivity contribution is 14.1. The molecular formula is C13H22INO5. The van der Waals surface area contributed by atoms with E-state index in [2.05, 4.69) is 27.9 Å². The first-order chi connectivity index (χ1) is 9.11. The summed E-state index contributed by atoms with van der Waals surface area (Å²) in [6.07, 6.45) is -1.36. The number of ether oxygens (including phenoxy) is 4. The molecule has 6 nitrogen and oxygen atoms in total. The summed E-state index contributed by atoms with van der Waals surface area (Å²) in [5.41, 5.74) is -0.533. The number of rotatable bonds is 2. The number of carbonyl (C=O) groups excluding carboxylic acids is 1. The molecule has 4 atom stereocenters. The van der Waals surface area contributed by atoms with Gasteiger partial charge in [-0.2, -0.15) is 0 Å². The normalized spacial score (nSPS) is 35.7. The quantitative estimate of drug-likeness (QED) is 0.570. The molecule has 0 aromatic heterocycles. The van der Waals surface area contributed by atoms with Gasteiger partial charge in [-0.15, -0.1) is 0 Å². The molecule has 0 aliphatic carbocycles. The Balaban J connectivity index is 2.02. The first-order valence-electron chi connectivity index (χ1n) is 6.68. The van der Waals surface area contributed by atoms with E-state index in [1.165, 1.54) is 0 Å². The largest absolute Gasteiger partial charge is 0.444 e. The highest BCUT2D eigenvalue weighted by Gasteiger charge is 2.55. The molecule has 2 aliphatic heterocycles. The number of fused-ring (bicyclic) bond motifs is 1. The third kappa shape index (κ3) is 3.75. The van der Waals surface area contributed by atoms with Crippen LogP contribution in [0.25, 0.3) is 0 Å². The fourth-order valence-electron chi connectivity index (χ4n) is 2.33. The Morgan fingerprint density at radius 2 is 2.00 bits per heavy atom. The van der Waals surface area contributed by atoms with Crippen LogP contribution in [0.5, 0.6) is 0 Å². The fraction of sp³-hybridized carbons (Fsp3) is 0.923. The molecular weight excluding hydrogens is 377 g/mol. The summed E-state index contributed by atoms with van der Waals surface area (Å²) in [6, 6.07) is -0.270. The Bertz CT molecular complexity index is 381. The smallest absolute Gasteiger partial charge is 0.408 e. The number of alkyl halides is 1. The number of carbonyl (C=O) groups is 1. The van der Waals surface area contributed by atoms with E-state index in [0.717, 1.165) is 4.43 Å². The Labute approximate surface area is 133 Å². The maximum atomic E-state index is 11.9. The molecule has 0 bridgehead atoms. The summed E-state index contributed by atoms with van der Waals surface area (Å²) < 4.78 is 23.3. The predicted molar refractivity (Wildman–Crippen MR) is 80.7 cm³/mol. The molecule has 0 aromatic carbocycles. The summed E-state index contributed by atoms with van der Waals surface area (Å²) in [6.45, 7) is 9.15. The molecule has 0 saturated carbocycles. The number of hydrogen-bond acceptors (Lipinski definition) is 5. The molecule has 2 rings (SSSR count). The van der Waals surface area contributed by atoms with Crippen LogP contribution in [0, 0.1) is 0 Å². The second kappa shape index (κ2) is 5.58. The Morgan fingerprint density at radius 3 is 2.55 bits per heavy atom. The van der Waals surface area contributed by atoms with Gasteiger partial charge in [0.2, 0.25) is 0 Å². The topological polar surface area (TPSA) is 66.0 Å². The molecule has 7 heteroatoms. The van der Waals surface area contributed by atoms with Crippen molar-refractivity contribution in [2.45, 2.75) is 70.5 Å². The van der Waals surface area contributed by atoms with Crippen LogP contribution in [0.2, 0.25) is 0 Å². The first-order valence-corrected chi connectivity index (χ1v) is 8.20. The zero-order valence-electron chi connectivity index (χ0n) is 12.4. The molecule has 0 radical (unpaired) electrons. The number of hydrogen-bond donors (Lipinski definition) is 1. The second-order valence-electron chi connectivity index (χ2n) is 6.47. The van der Waals surface area contributed by atoms with Gasteiger partial charge in [-0.25, -0.2) is 4.79 Å². The molecule has 20 heavy (non-hydrogen) atoms. The van der Waals surface area contributed by atoms with Gasteiger partial charge in [0.25, 0.3) is 0 Å². The lowest BCUT2D eigenvalue weighted by Gasteiger charge is -2.27. The van der Waals surface area contributed by atoms with Crippen LogP contribution in [0.15, 0.2) is 0 Å². The molecule has 0 aromatic rings. The lowest BCUT2D eigenvalue weighted by Crippen LogP contribution is -2.50. The summed E-state index contributed by atoms with van der Waals surface area (Å²) in [5, 5.41) is 2.85. The van der Waals surface area contributed by atoms with Gasteiger partial charge in [0.1, 0.15) is 11.7 Å². The van der Waals surface area contributed by atoms with Crippen LogP contribution < -0.4 is 5.32 Å². The van der Waals surface area contributed by atoms with Crippen molar-refractivity contribution in [1.82, 2.24) is 5.32 Å². The van der Waals surface area contributed by atoms with E-state index in [-0.39, 0.29) is 18.2 Å². The number of nitrogens with one attached hydrogen (secondary N) is 1. The van der Waals surface area contributed by atoms with Crippen LogP contribution in [-0.4, -0.2) is 46.4 Å². The van der Waals surface area contributed by atoms with Crippen LogP contribution in [0.3, 0.4) is 0 Å². The fourth-order valence-corrected chi connectivity index (χ4v) is 3.08. The Kier molecular flexibility index (Phi) is 4.54. The monoisotopic (exact) mass is 399 g/mol. The zero-order valence-corrected chi connectivity index (χ0v) is 14.6. The lowest BCUT2D eigenvalue weighted by molar-refractivity contribution is -0.204. The summed E-state index contributed by atoms with van der Waals surface area (Å²) in [5.74, 6) is -0.695. The van der Waals surface area contributed by atoms with Gasteiger partial charge in [0.15, 0.2) is 12.1 Å². The predicted octanol–water partition coefficient (Wildman–Crippen LogP) is 2.19. The standard InChI is InChI=1S/C13H22INO5/c1-12(2,3)20-11(16)15-8-7(6-14)17-10-9(8)18-13(4,5)19-10/h7-10H,6H2,1-5H3,(H,15,16)/t7-,8+,9-,10-/m1/s1. The van der Waals surface area contributed by atoms with E-state index in [4.69, 9.17) is 18.9 Å². The number of halogens is 1. The van der Waals surface area contributed by atoms with E-state index >= 15 is 0 Å². The summed E-state index contributed by atoms with van der Waals surface area (Å²) >= 11 is 2.22. The van der Waals surface area contributed by atoms with Crippen LogP contribution >= 0.6 is 22.6 Å². The Morgan fingerprint density at radius 1 is 1.35 bits per heavy atom. The number of amides is 1. The minimum absolute atomic E-state index is 0.144. The average Bonchev–Trinajstić information content (AvgIpc) is 2.69. The van der Waals surface area contributed by atoms with E-state index in [9.17, 15) is 4.79 Å². The van der Waals surface area contributed by atoms with Crippen molar-refractivity contribution in [2.24, 2.45) is 0 Å². The van der Waals surface area contributed by atoms with E-state index in [1.807, 2.05) is 34.6 Å². The van der Waals surface area contributed by atoms with Crippen LogP contribution in [0.4, 0.5) is 4.79 Å². The van der Waals surface area contributed by atoms with Crippen molar-refractivity contribution in [3.05, 3.63) is 0 Å². The van der Waals surface area contributed by atoms with Crippen LogP contribution in [-0.2, 0) is 18.9 Å². The minimum Gasteiger partial charge on any atom is -0.444 e. The molecule has 2 heterocycles. The lowest BCUT2D eigenvalue weighted by atomic mass is 10.1. The summed E-state index contributed by atoms with van der Waals surface area (Å²) in [7, 11) is 0. The van der Waals surface area contributed by atoms with Crippen molar-refractivity contribution < 1.29 is 23.7 Å². The third-order valence-electron chi connectivity index (χ3n) is 2.99. The van der Waals surface area contributed by atoms with Crippen molar-refractivity contribution >= 4 is 28.7 Å². The van der Waals surface area contributed by atoms with Crippen molar-refractivity contribution in [3.63, 3.8) is 0 Å². The minimum atomic E-state index is -0.695. The molecule has 0 spiro atoms. The Hall–Kier alpha value is -0.120. The molecule has 1 amide bonds. The summed E-state index contributed by atoms with van der Waals surface area (Å²) in [4.78, 5) is 11.9. The maximum absolute atomic E-state index is 11.9. The number of alkyl carbamates (subject to hydrolysis) is 1. The third-order valence-corrected chi connectivity index (χ3v) is 3.86. The van der Waals surface area contributed by atoms with E-state index in [1.54, 1.807) is 0 Å². The van der Waals surface area contributed by atoms with Crippen LogP contribution in [0.1, 0.15) is 34.6 Å². The van der Waals surface area contributed by atoms with Crippen molar-refractivity contribution in [1.29, 1.82) is 0 Å². The molecule has 2 fully saturated rings. The van der Waals surface area contributed by atoms with E-state index < -0.39 is 23.8 Å². The van der Waals surface area contributed by atoms with Gasteiger partial charge in [0, 0.05) is 4.43 Å². The highest BCUT2D eigenvalue weighted by atomic mass is 127. The maximum Gasteiger partial charge on any atom is 0.408 e. The zero-order chi connectivity index (χ0) is 15.1. The van der Waals surface area contributed by atoms with Gasteiger partial charge in [-0.3, -0.25) is 0 Å². The average molecular weight is 399 g/mol. The van der Waals surface area contributed by atoms with Gasteiger partial charge in [-0.1, -0.05) is 22.6 Å². The first kappa shape index (κ1) is 16.3. The van der Waals surface area contributed by atoms with Gasteiger partial charge < -0.3 is 24.3 Å². The molecule has 0 unspecified atom stereocenters. The highest BCUT2D eigenvalue weighted by Crippen LogP contribution is 2.37. The van der Waals surface area contributed by atoms with E-state index in [0.29, 0.717) is 0 Å². The molecule has 2 saturated heterocycles. The van der Waals surface area contributed by atoms with Crippen molar-refractivity contribution in [3.8, 4) is 0 Å².